The fourth-order valence-corrected chi connectivity index (χ4v) is 2.58. The van der Waals surface area contributed by atoms with Gasteiger partial charge in [0.05, 0.1) is 15.9 Å². The summed E-state index contributed by atoms with van der Waals surface area (Å²) in [6.45, 7) is 1.99. The molecule has 0 amide bonds. The molecule has 0 bridgehead atoms. The van der Waals surface area contributed by atoms with E-state index in [2.05, 4.69) is 0 Å². The molecule has 0 saturated heterocycles. The minimum atomic E-state index is -0.968. The number of nitro benzene ring substituents is 2. The van der Waals surface area contributed by atoms with Gasteiger partial charge in [0.25, 0.3) is 11.4 Å². The Morgan fingerprint density at radius 1 is 0.821 bits per heavy atom. The lowest BCUT2D eigenvalue weighted by Gasteiger charge is -2.07. The summed E-state index contributed by atoms with van der Waals surface area (Å²) in [6.07, 6.45) is 0. The molecule has 3 rings (SSSR count). The standard InChI is InChI=1S/C20H14N2O6/c1-13-2-4-14(5-3-13)15-6-9-17(10-7-15)28-20(23)18-11-8-16(21(24)25)12-19(18)22(26)27/h2-12H,1H3. The van der Waals surface area contributed by atoms with Gasteiger partial charge in [0.2, 0.25) is 0 Å². The zero-order chi connectivity index (χ0) is 20.3. The minimum absolute atomic E-state index is 0.202. The van der Waals surface area contributed by atoms with Crippen molar-refractivity contribution in [3.05, 3.63) is 98.1 Å². The zero-order valence-electron chi connectivity index (χ0n) is 14.7. The van der Waals surface area contributed by atoms with Crippen LogP contribution in [-0.4, -0.2) is 15.8 Å². The number of ether oxygens (including phenoxy) is 1. The molecule has 0 spiro atoms. The molecule has 0 aliphatic rings. The number of nitro groups is 2. The van der Waals surface area contributed by atoms with Crippen molar-refractivity contribution in [2.75, 3.05) is 0 Å². The summed E-state index contributed by atoms with van der Waals surface area (Å²) in [5.74, 6) is -0.766. The molecule has 0 fully saturated rings. The number of rotatable bonds is 5. The van der Waals surface area contributed by atoms with Gasteiger partial charge in [0.15, 0.2) is 0 Å². The van der Waals surface area contributed by atoms with Gasteiger partial charge in [-0.15, -0.1) is 0 Å². The summed E-state index contributed by atoms with van der Waals surface area (Å²) in [5.41, 5.74) is 1.52. The van der Waals surface area contributed by atoms with Crippen LogP contribution in [0.3, 0.4) is 0 Å². The normalized spacial score (nSPS) is 10.3. The number of carbonyl (C=O) groups is 1. The number of hydrogen-bond acceptors (Lipinski definition) is 6. The van der Waals surface area contributed by atoms with E-state index >= 15 is 0 Å². The molecule has 8 nitrogen and oxygen atoms in total. The third-order valence-corrected chi connectivity index (χ3v) is 4.06. The number of benzene rings is 3. The van der Waals surface area contributed by atoms with E-state index in [4.69, 9.17) is 4.74 Å². The first-order valence-electron chi connectivity index (χ1n) is 8.17. The summed E-state index contributed by atoms with van der Waals surface area (Å²) in [6, 6.07) is 17.3. The Labute approximate surface area is 159 Å². The summed E-state index contributed by atoms with van der Waals surface area (Å²) in [7, 11) is 0. The highest BCUT2D eigenvalue weighted by Gasteiger charge is 2.25. The highest BCUT2D eigenvalue weighted by molar-refractivity contribution is 5.95. The smallest absolute Gasteiger partial charge is 0.350 e. The van der Waals surface area contributed by atoms with Crippen molar-refractivity contribution in [1.82, 2.24) is 0 Å². The van der Waals surface area contributed by atoms with Gasteiger partial charge in [-0.2, -0.15) is 0 Å². The molecule has 0 heterocycles. The van der Waals surface area contributed by atoms with E-state index in [0.29, 0.717) is 0 Å². The van der Waals surface area contributed by atoms with E-state index in [-0.39, 0.29) is 11.3 Å². The molecule has 0 aromatic heterocycles. The Morgan fingerprint density at radius 3 is 1.93 bits per heavy atom. The molecule has 8 heteroatoms. The van der Waals surface area contributed by atoms with Gasteiger partial charge in [-0.3, -0.25) is 20.2 Å². The van der Waals surface area contributed by atoms with Crippen LogP contribution in [-0.2, 0) is 0 Å². The number of carbonyl (C=O) groups excluding carboxylic acids is 1. The topological polar surface area (TPSA) is 113 Å². The lowest BCUT2D eigenvalue weighted by atomic mass is 10.0. The Morgan fingerprint density at radius 2 is 1.39 bits per heavy atom. The van der Waals surface area contributed by atoms with Crippen molar-refractivity contribution in [2.45, 2.75) is 6.92 Å². The average molecular weight is 378 g/mol. The Balaban J connectivity index is 1.82. The van der Waals surface area contributed by atoms with Crippen LogP contribution in [0.1, 0.15) is 15.9 Å². The summed E-state index contributed by atoms with van der Waals surface area (Å²) in [4.78, 5) is 32.6. The molecule has 0 N–H and O–H groups in total. The van der Waals surface area contributed by atoms with Crippen molar-refractivity contribution < 1.29 is 19.4 Å². The van der Waals surface area contributed by atoms with E-state index < -0.39 is 27.2 Å². The summed E-state index contributed by atoms with van der Waals surface area (Å²) in [5, 5.41) is 21.9. The number of aryl methyl sites for hydroxylation is 1. The molecule has 28 heavy (non-hydrogen) atoms. The van der Waals surface area contributed by atoms with Crippen LogP contribution in [0.25, 0.3) is 11.1 Å². The van der Waals surface area contributed by atoms with Gasteiger partial charge in [0, 0.05) is 6.07 Å². The van der Waals surface area contributed by atoms with Gasteiger partial charge in [-0.05, 0) is 36.2 Å². The van der Waals surface area contributed by atoms with E-state index in [0.717, 1.165) is 34.9 Å². The SMILES string of the molecule is Cc1ccc(-c2ccc(OC(=O)c3ccc([N+](=O)[O-])cc3[N+](=O)[O-])cc2)cc1. The fourth-order valence-electron chi connectivity index (χ4n) is 2.58. The van der Waals surface area contributed by atoms with Crippen molar-refractivity contribution in [2.24, 2.45) is 0 Å². The van der Waals surface area contributed by atoms with Crippen LogP contribution in [0.2, 0.25) is 0 Å². The maximum Gasteiger partial charge on any atom is 0.350 e. The number of esters is 1. The van der Waals surface area contributed by atoms with Crippen molar-refractivity contribution in [3.8, 4) is 16.9 Å². The highest BCUT2D eigenvalue weighted by atomic mass is 16.6. The third kappa shape index (κ3) is 4.01. The molecular formula is C20H14N2O6. The predicted molar refractivity (Wildman–Crippen MR) is 101 cm³/mol. The van der Waals surface area contributed by atoms with Crippen molar-refractivity contribution in [1.29, 1.82) is 0 Å². The zero-order valence-corrected chi connectivity index (χ0v) is 14.7. The van der Waals surface area contributed by atoms with Crippen LogP contribution in [0, 0.1) is 27.2 Å². The Bertz CT molecular complexity index is 1060. The minimum Gasteiger partial charge on any atom is -0.423 e. The first kappa shape index (κ1) is 18.7. The maximum atomic E-state index is 12.3. The van der Waals surface area contributed by atoms with Gasteiger partial charge in [-0.25, -0.2) is 4.79 Å². The molecule has 0 unspecified atom stereocenters. The molecular weight excluding hydrogens is 364 g/mol. The second kappa shape index (κ2) is 7.67. The summed E-state index contributed by atoms with van der Waals surface area (Å²) >= 11 is 0. The van der Waals surface area contributed by atoms with Crippen molar-refractivity contribution in [3.63, 3.8) is 0 Å². The molecule has 0 aliphatic heterocycles. The first-order valence-corrected chi connectivity index (χ1v) is 8.17. The van der Waals surface area contributed by atoms with Crippen LogP contribution < -0.4 is 4.74 Å². The van der Waals surface area contributed by atoms with E-state index in [9.17, 15) is 25.0 Å². The summed E-state index contributed by atoms with van der Waals surface area (Å²) < 4.78 is 5.19. The van der Waals surface area contributed by atoms with Gasteiger partial charge >= 0.3 is 5.97 Å². The second-order valence-corrected chi connectivity index (χ2v) is 6.00. The molecule has 3 aromatic carbocycles. The lowest BCUT2D eigenvalue weighted by Crippen LogP contribution is -2.11. The maximum absolute atomic E-state index is 12.3. The van der Waals surface area contributed by atoms with Gasteiger partial charge in [-0.1, -0.05) is 42.0 Å². The van der Waals surface area contributed by atoms with Crippen LogP contribution >= 0.6 is 0 Å². The first-order chi connectivity index (χ1) is 13.3. The molecule has 0 atom stereocenters. The third-order valence-electron chi connectivity index (χ3n) is 4.06. The Hall–Kier alpha value is -4.07. The quantitative estimate of drug-likeness (QED) is 0.275. The largest absolute Gasteiger partial charge is 0.423 e. The lowest BCUT2D eigenvalue weighted by molar-refractivity contribution is -0.394. The average Bonchev–Trinajstić information content (AvgIpc) is 2.68. The Kier molecular flexibility index (Phi) is 5.12. The molecule has 3 aromatic rings. The van der Waals surface area contributed by atoms with E-state index in [1.807, 2.05) is 31.2 Å². The van der Waals surface area contributed by atoms with E-state index in [1.165, 1.54) is 0 Å². The number of nitrogens with zero attached hydrogens (tertiary/aromatic N) is 2. The van der Waals surface area contributed by atoms with Crippen LogP contribution in [0.5, 0.6) is 5.75 Å². The predicted octanol–water partition coefficient (Wildman–Crippen LogP) is 4.70. The van der Waals surface area contributed by atoms with Crippen LogP contribution in [0.4, 0.5) is 11.4 Å². The molecule has 0 radical (unpaired) electrons. The molecule has 0 saturated carbocycles. The number of non-ortho nitro benzene ring substituents is 1. The van der Waals surface area contributed by atoms with Crippen LogP contribution in [0.15, 0.2) is 66.7 Å². The molecule has 0 aliphatic carbocycles. The fraction of sp³-hybridized carbons (Fsp3) is 0.0500. The monoisotopic (exact) mass is 378 g/mol. The van der Waals surface area contributed by atoms with Gasteiger partial charge < -0.3 is 4.74 Å². The van der Waals surface area contributed by atoms with Crippen molar-refractivity contribution >= 4 is 17.3 Å². The number of hydrogen-bond donors (Lipinski definition) is 0. The van der Waals surface area contributed by atoms with E-state index in [1.54, 1.807) is 24.3 Å². The second-order valence-electron chi connectivity index (χ2n) is 6.00. The molecule has 140 valence electrons. The highest BCUT2D eigenvalue weighted by Crippen LogP contribution is 2.27. The van der Waals surface area contributed by atoms with Gasteiger partial charge in [0.1, 0.15) is 11.3 Å².